The molecule has 0 fully saturated rings. The van der Waals surface area contributed by atoms with E-state index in [1.807, 2.05) is 12.1 Å². The van der Waals surface area contributed by atoms with Gasteiger partial charge in [-0.1, -0.05) is 0 Å². The highest BCUT2D eigenvalue weighted by Crippen LogP contribution is 2.32. The number of esters is 1. The van der Waals surface area contributed by atoms with Gasteiger partial charge in [0.05, 0.1) is 12.2 Å². The van der Waals surface area contributed by atoms with Crippen molar-refractivity contribution in [2.75, 3.05) is 6.61 Å². The molecule has 0 spiro atoms. The number of carbonyl (C=O) groups excluding carboxylic acids is 2. The third-order valence-electron chi connectivity index (χ3n) is 3.07. The molecule has 0 saturated carbocycles. The molecule has 0 radical (unpaired) electrons. The van der Waals surface area contributed by atoms with E-state index in [1.165, 1.54) is 0 Å². The molecule has 1 N–H and O–H groups in total. The molecule has 1 aliphatic rings. The van der Waals surface area contributed by atoms with Crippen molar-refractivity contribution in [2.45, 2.75) is 26.2 Å². The summed E-state index contributed by atoms with van der Waals surface area (Å²) in [6.45, 7) is 3.79. The standard InChI is InChI=1S/C14H16N2O3/c1-3-19-14(18)13-9(2)16-12(17)8-11(13)10-4-6-15-7-5-10/h4-7,11H,3,8H2,1-2H3,(H,16,17)/t11-/m1/s1. The summed E-state index contributed by atoms with van der Waals surface area (Å²) in [5, 5.41) is 2.69. The number of nitrogens with one attached hydrogen (secondary N) is 1. The Morgan fingerprint density at radius 2 is 2.16 bits per heavy atom. The Kier molecular flexibility index (Phi) is 3.94. The lowest BCUT2D eigenvalue weighted by atomic mass is 9.85. The van der Waals surface area contributed by atoms with Crippen LogP contribution in [0, 0.1) is 0 Å². The van der Waals surface area contributed by atoms with Gasteiger partial charge < -0.3 is 10.1 Å². The van der Waals surface area contributed by atoms with Crippen molar-refractivity contribution in [3.8, 4) is 0 Å². The minimum absolute atomic E-state index is 0.0904. The van der Waals surface area contributed by atoms with Crippen molar-refractivity contribution in [3.05, 3.63) is 41.4 Å². The summed E-state index contributed by atoms with van der Waals surface area (Å²) >= 11 is 0. The Labute approximate surface area is 111 Å². The lowest BCUT2D eigenvalue weighted by Crippen LogP contribution is -2.34. The van der Waals surface area contributed by atoms with Crippen molar-refractivity contribution >= 4 is 11.9 Å². The Morgan fingerprint density at radius 3 is 2.79 bits per heavy atom. The van der Waals surface area contributed by atoms with Gasteiger partial charge in [0, 0.05) is 30.4 Å². The highest BCUT2D eigenvalue weighted by Gasteiger charge is 2.32. The zero-order valence-corrected chi connectivity index (χ0v) is 11.0. The molecular formula is C14H16N2O3. The van der Waals surface area contributed by atoms with Crippen molar-refractivity contribution in [3.63, 3.8) is 0 Å². The van der Waals surface area contributed by atoms with Crippen LogP contribution in [0.25, 0.3) is 0 Å². The molecule has 19 heavy (non-hydrogen) atoms. The molecule has 0 bridgehead atoms. The second-order valence-electron chi connectivity index (χ2n) is 4.34. The highest BCUT2D eigenvalue weighted by atomic mass is 16.5. The highest BCUT2D eigenvalue weighted by molar-refractivity contribution is 5.95. The number of amides is 1. The van der Waals surface area contributed by atoms with Gasteiger partial charge in [-0.3, -0.25) is 9.78 Å². The summed E-state index contributed by atoms with van der Waals surface area (Å²) in [5.74, 6) is -0.732. The molecular weight excluding hydrogens is 244 g/mol. The number of ether oxygens (including phenoxy) is 1. The zero-order chi connectivity index (χ0) is 13.8. The van der Waals surface area contributed by atoms with E-state index in [2.05, 4.69) is 10.3 Å². The first-order chi connectivity index (χ1) is 9.13. The first-order valence-electron chi connectivity index (χ1n) is 6.21. The first kappa shape index (κ1) is 13.3. The van der Waals surface area contributed by atoms with Crippen LogP contribution in [0.15, 0.2) is 35.8 Å². The molecule has 1 aromatic rings. The third-order valence-corrected chi connectivity index (χ3v) is 3.07. The van der Waals surface area contributed by atoms with E-state index in [-0.39, 0.29) is 24.2 Å². The van der Waals surface area contributed by atoms with Gasteiger partial charge >= 0.3 is 5.97 Å². The summed E-state index contributed by atoms with van der Waals surface area (Å²) < 4.78 is 5.08. The van der Waals surface area contributed by atoms with E-state index in [9.17, 15) is 9.59 Å². The molecule has 1 aromatic heterocycles. The smallest absolute Gasteiger partial charge is 0.336 e. The van der Waals surface area contributed by atoms with Gasteiger partial charge in [0.25, 0.3) is 0 Å². The average molecular weight is 260 g/mol. The maximum absolute atomic E-state index is 12.1. The van der Waals surface area contributed by atoms with Gasteiger partial charge in [-0.25, -0.2) is 4.79 Å². The van der Waals surface area contributed by atoms with Gasteiger partial charge in [0.1, 0.15) is 0 Å². The predicted octanol–water partition coefficient (Wildman–Crippen LogP) is 1.52. The van der Waals surface area contributed by atoms with Crippen LogP contribution in [0.1, 0.15) is 31.7 Å². The van der Waals surface area contributed by atoms with Crippen LogP contribution in [0.4, 0.5) is 0 Å². The van der Waals surface area contributed by atoms with E-state index in [1.54, 1.807) is 26.2 Å². The number of allylic oxidation sites excluding steroid dienone is 1. The van der Waals surface area contributed by atoms with Crippen LogP contribution >= 0.6 is 0 Å². The van der Waals surface area contributed by atoms with Crippen molar-refractivity contribution in [1.82, 2.24) is 10.3 Å². The summed E-state index contributed by atoms with van der Waals surface area (Å²) in [7, 11) is 0. The number of hydrogen-bond acceptors (Lipinski definition) is 4. The van der Waals surface area contributed by atoms with E-state index in [0.717, 1.165) is 5.56 Å². The second-order valence-corrected chi connectivity index (χ2v) is 4.34. The second kappa shape index (κ2) is 5.65. The fourth-order valence-corrected chi connectivity index (χ4v) is 2.26. The van der Waals surface area contributed by atoms with Crippen LogP contribution in [0.5, 0.6) is 0 Å². The molecule has 5 nitrogen and oxygen atoms in total. The van der Waals surface area contributed by atoms with Gasteiger partial charge in [0.2, 0.25) is 5.91 Å². The number of aromatic nitrogens is 1. The van der Waals surface area contributed by atoms with Gasteiger partial charge in [-0.2, -0.15) is 0 Å². The Morgan fingerprint density at radius 1 is 1.47 bits per heavy atom. The Hall–Kier alpha value is -2.17. The van der Waals surface area contributed by atoms with Gasteiger partial charge in [0.15, 0.2) is 0 Å². The maximum atomic E-state index is 12.1. The SMILES string of the molecule is CCOC(=O)C1=C(C)NC(=O)C[C@@H]1c1ccncc1. The number of nitrogens with zero attached hydrogens (tertiary/aromatic N) is 1. The minimum Gasteiger partial charge on any atom is -0.463 e. The molecule has 1 amide bonds. The molecule has 2 rings (SSSR count). The lowest BCUT2D eigenvalue weighted by molar-refractivity contribution is -0.139. The average Bonchev–Trinajstić information content (AvgIpc) is 2.39. The van der Waals surface area contributed by atoms with E-state index < -0.39 is 0 Å². The largest absolute Gasteiger partial charge is 0.463 e. The van der Waals surface area contributed by atoms with Gasteiger partial charge in [-0.15, -0.1) is 0 Å². The molecule has 0 unspecified atom stereocenters. The fraction of sp³-hybridized carbons (Fsp3) is 0.357. The van der Waals surface area contributed by atoms with E-state index in [0.29, 0.717) is 17.9 Å². The van der Waals surface area contributed by atoms with Crippen LogP contribution < -0.4 is 5.32 Å². The van der Waals surface area contributed by atoms with Crippen molar-refractivity contribution in [2.24, 2.45) is 0 Å². The summed E-state index contributed by atoms with van der Waals surface area (Å²) in [6, 6.07) is 3.63. The lowest BCUT2D eigenvalue weighted by Gasteiger charge is -2.26. The normalized spacial score (nSPS) is 19.1. The number of carbonyl (C=O) groups is 2. The quantitative estimate of drug-likeness (QED) is 0.837. The number of rotatable bonds is 3. The topological polar surface area (TPSA) is 68.3 Å². The van der Waals surface area contributed by atoms with Crippen LogP contribution in [0.2, 0.25) is 0 Å². The maximum Gasteiger partial charge on any atom is 0.336 e. The number of hydrogen-bond donors (Lipinski definition) is 1. The molecule has 5 heteroatoms. The summed E-state index contributed by atoms with van der Waals surface area (Å²) in [4.78, 5) is 27.7. The zero-order valence-electron chi connectivity index (χ0n) is 11.0. The number of pyridine rings is 1. The van der Waals surface area contributed by atoms with Gasteiger partial charge in [-0.05, 0) is 31.5 Å². The molecule has 1 aliphatic heterocycles. The molecule has 100 valence electrons. The molecule has 1 atom stereocenters. The first-order valence-corrected chi connectivity index (χ1v) is 6.21. The monoisotopic (exact) mass is 260 g/mol. The van der Waals surface area contributed by atoms with Crippen molar-refractivity contribution in [1.29, 1.82) is 0 Å². The molecule has 0 aromatic carbocycles. The van der Waals surface area contributed by atoms with Crippen LogP contribution in [-0.4, -0.2) is 23.5 Å². The minimum atomic E-state index is -0.373. The molecule has 2 heterocycles. The fourth-order valence-electron chi connectivity index (χ4n) is 2.26. The third kappa shape index (κ3) is 2.81. The van der Waals surface area contributed by atoms with E-state index >= 15 is 0 Å². The predicted molar refractivity (Wildman–Crippen MR) is 69.1 cm³/mol. The van der Waals surface area contributed by atoms with Crippen LogP contribution in [-0.2, 0) is 14.3 Å². The van der Waals surface area contributed by atoms with Crippen LogP contribution in [0.3, 0.4) is 0 Å². The van der Waals surface area contributed by atoms with Crippen molar-refractivity contribution < 1.29 is 14.3 Å². The summed E-state index contributed by atoms with van der Waals surface area (Å²) in [5.41, 5.74) is 1.98. The van der Waals surface area contributed by atoms with E-state index in [4.69, 9.17) is 4.74 Å². The molecule has 0 aliphatic carbocycles. The Balaban J connectivity index is 2.41. The summed E-state index contributed by atoms with van der Waals surface area (Å²) in [6.07, 6.45) is 3.55. The molecule has 0 saturated heterocycles. The Bertz CT molecular complexity index is 523.